The van der Waals surface area contributed by atoms with E-state index in [1.807, 2.05) is 6.92 Å². The molecule has 0 atom stereocenters. The third-order valence-electron chi connectivity index (χ3n) is 2.53. The van der Waals surface area contributed by atoms with Crippen LogP contribution in [0.1, 0.15) is 20.3 Å². The summed E-state index contributed by atoms with van der Waals surface area (Å²) in [7, 11) is -4.31. The summed E-state index contributed by atoms with van der Waals surface area (Å²) in [5, 5.41) is 3.79. The Morgan fingerprint density at radius 2 is 2.00 bits per heavy atom. The summed E-state index contributed by atoms with van der Waals surface area (Å²) in [5.74, 6) is -0.293. The maximum Gasteiger partial charge on any atom is 0.402 e. The van der Waals surface area contributed by atoms with Gasteiger partial charge in [-0.3, -0.25) is 4.68 Å². The van der Waals surface area contributed by atoms with Gasteiger partial charge in [0.15, 0.2) is 5.82 Å². The Bertz CT molecular complexity index is 553. The molecule has 0 saturated heterocycles. The van der Waals surface area contributed by atoms with Crippen molar-refractivity contribution < 1.29 is 21.6 Å². The van der Waals surface area contributed by atoms with Crippen LogP contribution in [0.4, 0.5) is 19.0 Å². The third-order valence-corrected chi connectivity index (χ3v) is 4.47. The number of halogens is 3. The van der Waals surface area contributed by atoms with Crippen LogP contribution < -0.4 is 5.73 Å². The highest BCUT2D eigenvalue weighted by Gasteiger charge is 2.37. The number of aromatic nitrogens is 2. The van der Waals surface area contributed by atoms with Crippen LogP contribution in [0.3, 0.4) is 0 Å². The van der Waals surface area contributed by atoms with Crippen molar-refractivity contribution in [2.45, 2.75) is 37.9 Å². The molecule has 1 heterocycles. The molecule has 0 spiro atoms. The molecule has 6 nitrogen and oxygen atoms in total. The molecule has 0 aromatic carbocycles. The first-order chi connectivity index (χ1) is 9.11. The number of rotatable bonds is 6. The SMILES string of the molecule is CCCn1cc(S(=O)(=O)N(CC)CC(F)(F)F)c(N)n1. The van der Waals surface area contributed by atoms with Crippen molar-refractivity contribution in [3.05, 3.63) is 6.20 Å². The Balaban J connectivity index is 3.14. The second kappa shape index (κ2) is 6.00. The maximum atomic E-state index is 12.4. The second-order valence-corrected chi connectivity index (χ2v) is 6.09. The van der Waals surface area contributed by atoms with Gasteiger partial charge in [0, 0.05) is 19.3 Å². The predicted octanol–water partition coefficient (Wildman–Crippen LogP) is 1.45. The molecule has 0 fully saturated rings. The molecule has 1 rings (SSSR count). The molecular formula is C10H17F3N4O2S. The zero-order chi connectivity index (χ0) is 15.6. The molecule has 0 saturated carbocycles. The molecule has 20 heavy (non-hydrogen) atoms. The lowest BCUT2D eigenvalue weighted by molar-refractivity contribution is -0.135. The molecule has 1 aromatic heterocycles. The summed E-state index contributed by atoms with van der Waals surface area (Å²) in [5.41, 5.74) is 5.50. The van der Waals surface area contributed by atoms with E-state index in [2.05, 4.69) is 5.10 Å². The summed E-state index contributed by atoms with van der Waals surface area (Å²) in [6, 6.07) is 0. The largest absolute Gasteiger partial charge is 0.402 e. The van der Waals surface area contributed by atoms with E-state index in [0.29, 0.717) is 17.3 Å². The molecule has 0 aliphatic carbocycles. The van der Waals surface area contributed by atoms with E-state index in [4.69, 9.17) is 5.73 Å². The van der Waals surface area contributed by atoms with E-state index < -0.39 is 27.6 Å². The Kier molecular flexibility index (Phi) is 5.03. The van der Waals surface area contributed by atoms with Gasteiger partial charge in [0.25, 0.3) is 0 Å². The van der Waals surface area contributed by atoms with Gasteiger partial charge in [0.1, 0.15) is 11.4 Å². The standard InChI is InChI=1S/C10H17F3N4O2S/c1-3-5-16-6-8(9(14)15-16)20(18,19)17(4-2)7-10(11,12)13/h6H,3-5,7H2,1-2H3,(H2,14,15). The van der Waals surface area contributed by atoms with Crippen molar-refractivity contribution in [3.8, 4) is 0 Å². The monoisotopic (exact) mass is 314 g/mol. The van der Waals surface area contributed by atoms with Gasteiger partial charge in [-0.15, -0.1) is 0 Å². The van der Waals surface area contributed by atoms with E-state index in [1.165, 1.54) is 11.6 Å². The Hall–Kier alpha value is -1.29. The van der Waals surface area contributed by atoms with Crippen molar-refractivity contribution >= 4 is 15.8 Å². The van der Waals surface area contributed by atoms with Crippen LogP contribution >= 0.6 is 0 Å². The summed E-state index contributed by atoms with van der Waals surface area (Å²) >= 11 is 0. The molecule has 0 amide bonds. The lowest BCUT2D eigenvalue weighted by Gasteiger charge is -2.21. The zero-order valence-electron chi connectivity index (χ0n) is 11.2. The van der Waals surface area contributed by atoms with Crippen LogP contribution in [-0.4, -0.2) is 41.8 Å². The van der Waals surface area contributed by atoms with Gasteiger partial charge in [0.05, 0.1) is 0 Å². The number of alkyl halides is 3. The lowest BCUT2D eigenvalue weighted by Crippen LogP contribution is -2.38. The van der Waals surface area contributed by atoms with Gasteiger partial charge in [-0.05, 0) is 6.42 Å². The molecule has 0 radical (unpaired) electrons. The molecule has 10 heteroatoms. The number of nitrogens with two attached hydrogens (primary N) is 1. The summed E-state index contributed by atoms with van der Waals surface area (Å²) in [6.45, 7) is 1.76. The van der Waals surface area contributed by atoms with Crippen LogP contribution in [0.25, 0.3) is 0 Å². The minimum Gasteiger partial charge on any atom is -0.381 e. The van der Waals surface area contributed by atoms with Crippen molar-refractivity contribution in [2.75, 3.05) is 18.8 Å². The topological polar surface area (TPSA) is 81.2 Å². The fourth-order valence-corrected chi connectivity index (χ4v) is 3.16. The molecule has 0 aliphatic heterocycles. The van der Waals surface area contributed by atoms with E-state index in [0.717, 1.165) is 6.20 Å². The smallest absolute Gasteiger partial charge is 0.381 e. The Morgan fingerprint density at radius 3 is 2.45 bits per heavy atom. The van der Waals surface area contributed by atoms with Gasteiger partial charge < -0.3 is 5.73 Å². The van der Waals surface area contributed by atoms with Crippen LogP contribution in [0.5, 0.6) is 0 Å². The average Bonchev–Trinajstić information content (AvgIpc) is 2.67. The fourth-order valence-electron chi connectivity index (χ4n) is 1.67. The van der Waals surface area contributed by atoms with Crippen LogP contribution in [0.2, 0.25) is 0 Å². The summed E-state index contributed by atoms with van der Waals surface area (Å²) < 4.78 is 63.2. The van der Waals surface area contributed by atoms with Crippen LogP contribution in [0.15, 0.2) is 11.1 Å². The molecule has 0 unspecified atom stereocenters. The highest BCUT2D eigenvalue weighted by atomic mass is 32.2. The van der Waals surface area contributed by atoms with Crippen molar-refractivity contribution in [1.29, 1.82) is 0 Å². The minimum atomic E-state index is -4.61. The van der Waals surface area contributed by atoms with E-state index in [9.17, 15) is 21.6 Å². The molecular weight excluding hydrogens is 297 g/mol. The molecule has 0 aliphatic rings. The first-order valence-corrected chi connectivity index (χ1v) is 7.45. The molecule has 116 valence electrons. The number of nitrogen functional groups attached to an aromatic ring is 1. The second-order valence-electron chi connectivity index (χ2n) is 4.19. The number of aryl methyl sites for hydroxylation is 1. The van der Waals surface area contributed by atoms with Crippen molar-refractivity contribution in [2.24, 2.45) is 0 Å². The molecule has 1 aromatic rings. The number of hydrogen-bond donors (Lipinski definition) is 1. The minimum absolute atomic E-state index is 0.293. The first kappa shape index (κ1) is 16.8. The quantitative estimate of drug-likeness (QED) is 0.861. The lowest BCUT2D eigenvalue weighted by atomic mass is 10.5. The Morgan fingerprint density at radius 1 is 1.40 bits per heavy atom. The van der Waals surface area contributed by atoms with Crippen molar-refractivity contribution in [1.82, 2.24) is 14.1 Å². The van der Waals surface area contributed by atoms with E-state index >= 15 is 0 Å². The number of nitrogens with zero attached hydrogens (tertiary/aromatic N) is 3. The average molecular weight is 314 g/mol. The highest BCUT2D eigenvalue weighted by molar-refractivity contribution is 7.89. The Labute approximate surface area is 115 Å². The first-order valence-electron chi connectivity index (χ1n) is 6.01. The van der Waals surface area contributed by atoms with E-state index in [1.54, 1.807) is 0 Å². The summed E-state index contributed by atoms with van der Waals surface area (Å²) in [6.07, 6.45) is -2.76. The van der Waals surface area contributed by atoms with Gasteiger partial charge in [0.2, 0.25) is 10.0 Å². The maximum absolute atomic E-state index is 12.4. The summed E-state index contributed by atoms with van der Waals surface area (Å²) in [4.78, 5) is -0.392. The number of sulfonamides is 1. The third kappa shape index (κ3) is 3.85. The fraction of sp³-hybridized carbons (Fsp3) is 0.700. The predicted molar refractivity (Wildman–Crippen MR) is 67.4 cm³/mol. The van der Waals surface area contributed by atoms with Crippen LogP contribution in [-0.2, 0) is 16.6 Å². The van der Waals surface area contributed by atoms with Gasteiger partial charge in [-0.2, -0.15) is 22.6 Å². The number of anilines is 1. The highest BCUT2D eigenvalue weighted by Crippen LogP contribution is 2.25. The molecule has 2 N–H and O–H groups in total. The van der Waals surface area contributed by atoms with E-state index in [-0.39, 0.29) is 12.4 Å². The van der Waals surface area contributed by atoms with Crippen molar-refractivity contribution in [3.63, 3.8) is 0 Å². The van der Waals surface area contributed by atoms with Gasteiger partial charge in [-0.1, -0.05) is 13.8 Å². The normalized spacial score (nSPS) is 13.1. The van der Waals surface area contributed by atoms with Gasteiger partial charge >= 0.3 is 6.18 Å². The van der Waals surface area contributed by atoms with Crippen LogP contribution in [0, 0.1) is 0 Å². The molecule has 0 bridgehead atoms. The number of hydrogen-bond acceptors (Lipinski definition) is 4. The van der Waals surface area contributed by atoms with Gasteiger partial charge in [-0.25, -0.2) is 8.42 Å². The zero-order valence-corrected chi connectivity index (χ0v) is 12.0.